The first kappa shape index (κ1) is 21.8. The van der Waals surface area contributed by atoms with Crippen LogP contribution in [0.1, 0.15) is 38.2 Å². The van der Waals surface area contributed by atoms with E-state index in [-0.39, 0.29) is 11.9 Å². The molecule has 166 valence electrons. The quantitative estimate of drug-likeness (QED) is 0.478. The van der Waals surface area contributed by atoms with Crippen LogP contribution in [0.4, 0.5) is 4.79 Å². The van der Waals surface area contributed by atoms with E-state index in [9.17, 15) is 9.59 Å². The standard InChI is InChI=1S/C25H33N3O3/c1-3-13-26-15-11-25(12-16-26)23(29)27(24(30)28(25)14-6-17-31-2)19-20-9-10-21-7-4-5-8-22(21)18-20/h4-5,7-10,18H,3,6,11-17,19H2,1-2H3. The summed E-state index contributed by atoms with van der Waals surface area (Å²) in [5, 5.41) is 2.28. The highest BCUT2D eigenvalue weighted by Gasteiger charge is 2.57. The zero-order chi connectivity index (χ0) is 21.8. The topological polar surface area (TPSA) is 53.1 Å². The van der Waals surface area contributed by atoms with Crippen molar-refractivity contribution in [2.45, 2.75) is 44.7 Å². The minimum atomic E-state index is -0.702. The van der Waals surface area contributed by atoms with Crippen LogP contribution in [-0.4, -0.2) is 72.1 Å². The van der Waals surface area contributed by atoms with Crippen molar-refractivity contribution >= 4 is 22.7 Å². The molecule has 0 N–H and O–H groups in total. The minimum Gasteiger partial charge on any atom is -0.385 e. The van der Waals surface area contributed by atoms with Crippen molar-refractivity contribution in [2.24, 2.45) is 0 Å². The third-order valence-corrected chi connectivity index (χ3v) is 6.73. The summed E-state index contributed by atoms with van der Waals surface area (Å²) in [7, 11) is 1.67. The van der Waals surface area contributed by atoms with Crippen molar-refractivity contribution in [3.63, 3.8) is 0 Å². The summed E-state index contributed by atoms with van der Waals surface area (Å²) in [5.74, 6) is -0.0285. The average Bonchev–Trinajstić information content (AvgIpc) is 2.97. The summed E-state index contributed by atoms with van der Waals surface area (Å²) in [6, 6.07) is 14.2. The Balaban J connectivity index is 1.57. The maximum atomic E-state index is 13.7. The van der Waals surface area contributed by atoms with Crippen molar-refractivity contribution in [2.75, 3.05) is 39.9 Å². The molecule has 2 aliphatic rings. The highest BCUT2D eigenvalue weighted by Crippen LogP contribution is 2.38. The molecule has 0 saturated carbocycles. The Kier molecular flexibility index (Phi) is 6.58. The van der Waals surface area contributed by atoms with Gasteiger partial charge in [-0.05, 0) is 54.6 Å². The van der Waals surface area contributed by atoms with Gasteiger partial charge in [0.2, 0.25) is 0 Å². The molecule has 2 saturated heterocycles. The lowest BCUT2D eigenvalue weighted by molar-refractivity contribution is -0.136. The molecular weight excluding hydrogens is 390 g/mol. The highest BCUT2D eigenvalue weighted by molar-refractivity contribution is 6.07. The summed E-state index contributed by atoms with van der Waals surface area (Å²) < 4.78 is 5.21. The summed E-state index contributed by atoms with van der Waals surface area (Å²) in [6.07, 6.45) is 3.25. The van der Waals surface area contributed by atoms with Crippen LogP contribution in [0.3, 0.4) is 0 Å². The molecule has 2 aromatic carbocycles. The van der Waals surface area contributed by atoms with E-state index in [0.717, 1.165) is 48.8 Å². The van der Waals surface area contributed by atoms with Crippen LogP contribution < -0.4 is 0 Å². The van der Waals surface area contributed by atoms with Crippen molar-refractivity contribution in [3.8, 4) is 0 Å². The number of amides is 3. The molecule has 0 atom stereocenters. The monoisotopic (exact) mass is 423 g/mol. The normalized spacial score (nSPS) is 19.2. The number of carbonyl (C=O) groups is 2. The van der Waals surface area contributed by atoms with Gasteiger partial charge in [-0.3, -0.25) is 9.69 Å². The molecule has 2 aromatic rings. The van der Waals surface area contributed by atoms with Gasteiger partial charge in [-0.1, -0.05) is 43.3 Å². The van der Waals surface area contributed by atoms with E-state index in [4.69, 9.17) is 4.74 Å². The fourth-order valence-corrected chi connectivity index (χ4v) is 5.06. The van der Waals surface area contributed by atoms with Gasteiger partial charge in [-0.25, -0.2) is 4.79 Å². The highest BCUT2D eigenvalue weighted by atomic mass is 16.5. The third-order valence-electron chi connectivity index (χ3n) is 6.73. The number of carbonyl (C=O) groups excluding carboxylic acids is 2. The summed E-state index contributed by atoms with van der Waals surface area (Å²) in [6.45, 7) is 6.40. The fourth-order valence-electron chi connectivity index (χ4n) is 5.06. The van der Waals surface area contributed by atoms with Gasteiger partial charge in [0.1, 0.15) is 5.54 Å². The molecule has 2 heterocycles. The van der Waals surface area contributed by atoms with Crippen LogP contribution in [0.2, 0.25) is 0 Å². The number of hydrogen-bond donors (Lipinski definition) is 0. The maximum absolute atomic E-state index is 13.7. The molecule has 3 amide bonds. The molecule has 0 bridgehead atoms. The lowest BCUT2D eigenvalue weighted by atomic mass is 9.85. The second-order valence-corrected chi connectivity index (χ2v) is 8.73. The Hall–Kier alpha value is -2.44. The Bertz CT molecular complexity index is 937. The van der Waals surface area contributed by atoms with Crippen molar-refractivity contribution < 1.29 is 14.3 Å². The maximum Gasteiger partial charge on any atom is 0.327 e. The molecule has 6 heteroatoms. The fraction of sp³-hybridized carbons (Fsp3) is 0.520. The molecule has 0 radical (unpaired) electrons. The van der Waals surface area contributed by atoms with Crippen LogP contribution in [0.5, 0.6) is 0 Å². The second kappa shape index (κ2) is 9.37. The van der Waals surface area contributed by atoms with E-state index >= 15 is 0 Å². The van der Waals surface area contributed by atoms with E-state index in [1.54, 1.807) is 7.11 Å². The molecule has 6 nitrogen and oxygen atoms in total. The van der Waals surface area contributed by atoms with E-state index in [1.807, 2.05) is 23.1 Å². The van der Waals surface area contributed by atoms with Gasteiger partial charge in [0, 0.05) is 33.4 Å². The Labute approximate surface area is 184 Å². The molecule has 2 fully saturated rings. The molecule has 2 aliphatic heterocycles. The third kappa shape index (κ3) is 4.19. The van der Waals surface area contributed by atoms with Crippen LogP contribution in [-0.2, 0) is 16.1 Å². The van der Waals surface area contributed by atoms with Crippen LogP contribution in [0.15, 0.2) is 42.5 Å². The summed E-state index contributed by atoms with van der Waals surface area (Å²) in [4.78, 5) is 32.8. The van der Waals surface area contributed by atoms with Crippen LogP contribution in [0.25, 0.3) is 10.8 Å². The number of likely N-dealkylation sites (tertiary alicyclic amines) is 1. The lowest BCUT2D eigenvalue weighted by Crippen LogP contribution is -2.56. The number of imide groups is 1. The predicted octanol–water partition coefficient (Wildman–Crippen LogP) is 3.89. The first-order valence-corrected chi connectivity index (χ1v) is 11.4. The zero-order valence-electron chi connectivity index (χ0n) is 18.7. The van der Waals surface area contributed by atoms with Crippen molar-refractivity contribution in [3.05, 3.63) is 48.0 Å². The van der Waals surface area contributed by atoms with Crippen LogP contribution in [0, 0.1) is 0 Å². The van der Waals surface area contributed by atoms with Gasteiger partial charge in [0.15, 0.2) is 0 Å². The molecule has 31 heavy (non-hydrogen) atoms. The molecule has 0 aromatic heterocycles. The number of nitrogens with zero attached hydrogens (tertiary/aromatic N) is 3. The van der Waals surface area contributed by atoms with Crippen molar-refractivity contribution in [1.29, 1.82) is 0 Å². The summed E-state index contributed by atoms with van der Waals surface area (Å²) in [5.41, 5.74) is 0.282. The molecule has 0 aliphatic carbocycles. The smallest absolute Gasteiger partial charge is 0.327 e. The van der Waals surface area contributed by atoms with E-state index in [0.29, 0.717) is 32.5 Å². The number of piperidine rings is 1. The average molecular weight is 424 g/mol. The SMILES string of the molecule is CCCN1CCC2(CC1)C(=O)N(Cc1ccc3ccccc3c1)C(=O)N2CCCOC. The molecule has 0 unspecified atom stereocenters. The number of benzene rings is 2. The zero-order valence-corrected chi connectivity index (χ0v) is 18.7. The second-order valence-electron chi connectivity index (χ2n) is 8.73. The number of hydrogen-bond acceptors (Lipinski definition) is 4. The van der Waals surface area contributed by atoms with E-state index in [1.165, 1.54) is 4.90 Å². The Morgan fingerprint density at radius 3 is 2.45 bits per heavy atom. The minimum absolute atomic E-state index is 0.0285. The summed E-state index contributed by atoms with van der Waals surface area (Å²) >= 11 is 0. The van der Waals surface area contributed by atoms with Gasteiger partial charge in [-0.15, -0.1) is 0 Å². The van der Waals surface area contributed by atoms with E-state index < -0.39 is 5.54 Å². The predicted molar refractivity (Wildman–Crippen MR) is 122 cm³/mol. The number of fused-ring (bicyclic) bond motifs is 1. The largest absolute Gasteiger partial charge is 0.385 e. The van der Waals surface area contributed by atoms with Gasteiger partial charge in [-0.2, -0.15) is 0 Å². The van der Waals surface area contributed by atoms with Gasteiger partial charge in [0.05, 0.1) is 6.54 Å². The number of urea groups is 1. The number of ether oxygens (including phenoxy) is 1. The first-order valence-electron chi connectivity index (χ1n) is 11.4. The number of rotatable bonds is 8. The van der Waals surface area contributed by atoms with Gasteiger partial charge < -0.3 is 14.5 Å². The molecule has 4 rings (SSSR count). The van der Waals surface area contributed by atoms with Gasteiger partial charge in [0.25, 0.3) is 5.91 Å². The van der Waals surface area contributed by atoms with E-state index in [2.05, 4.69) is 36.1 Å². The van der Waals surface area contributed by atoms with Gasteiger partial charge >= 0.3 is 6.03 Å². The Morgan fingerprint density at radius 1 is 1.00 bits per heavy atom. The number of methoxy groups -OCH3 is 1. The first-order chi connectivity index (χ1) is 15.1. The molecular formula is C25H33N3O3. The van der Waals surface area contributed by atoms with Crippen LogP contribution >= 0.6 is 0 Å². The van der Waals surface area contributed by atoms with Crippen molar-refractivity contribution in [1.82, 2.24) is 14.7 Å². The molecule has 1 spiro atoms. The Morgan fingerprint density at radius 2 is 1.74 bits per heavy atom. The lowest BCUT2D eigenvalue weighted by Gasteiger charge is -2.42.